The first-order valence-corrected chi connectivity index (χ1v) is 25.8. The normalized spacial score (nSPS) is 20.6. The molecule has 2 aliphatic heterocycles. The van der Waals surface area contributed by atoms with Gasteiger partial charge in [0, 0.05) is 42.3 Å². The molecule has 11 rings (SSSR count). The number of nitrogens with one attached hydrogen (secondary N) is 4. The fraction of sp³-hybridized carbons (Fsp3) is 0.439. The van der Waals surface area contributed by atoms with E-state index in [-0.39, 0.29) is 47.6 Å². The minimum atomic E-state index is -0.794. The first-order valence-electron chi connectivity index (χ1n) is 25.8. The number of imidazole rings is 2. The number of hydrogen-bond acceptors (Lipinski definition) is 8. The third-order valence-corrected chi connectivity index (χ3v) is 15.6. The third kappa shape index (κ3) is 9.46. The van der Waals surface area contributed by atoms with Crippen LogP contribution in [0.2, 0.25) is 0 Å². The highest BCUT2D eigenvalue weighted by molar-refractivity contribution is 6.07. The molecule has 368 valence electrons. The number of fused-ring (bicyclic) bond motifs is 6. The van der Waals surface area contributed by atoms with Gasteiger partial charge < -0.3 is 39.9 Å². The first-order chi connectivity index (χ1) is 34.6. The molecule has 2 aliphatic carbocycles. The van der Waals surface area contributed by atoms with E-state index in [1.54, 1.807) is 0 Å². The van der Waals surface area contributed by atoms with Crippen molar-refractivity contribution in [1.82, 2.24) is 40.4 Å². The first kappa shape index (κ1) is 46.6. The van der Waals surface area contributed by atoms with Crippen LogP contribution in [0, 0.1) is 23.7 Å². The van der Waals surface area contributed by atoms with Crippen LogP contribution in [0.5, 0.6) is 0 Å². The Balaban J connectivity index is 0.857. The van der Waals surface area contributed by atoms with Crippen LogP contribution in [0.4, 0.5) is 4.79 Å². The van der Waals surface area contributed by atoms with Crippen LogP contribution in [0.3, 0.4) is 0 Å². The van der Waals surface area contributed by atoms with E-state index in [9.17, 15) is 19.2 Å². The molecule has 2 aromatic heterocycles. The molecule has 7 aromatic rings. The summed E-state index contributed by atoms with van der Waals surface area (Å²) < 4.78 is 11.2. The number of ether oxygens (including phenoxy) is 2. The number of nitrogens with zero attached hydrogens (tertiary/aromatic N) is 4. The maximum absolute atomic E-state index is 14.9. The Hall–Kier alpha value is -6.80. The van der Waals surface area contributed by atoms with Crippen LogP contribution in [0.15, 0.2) is 91.0 Å². The van der Waals surface area contributed by atoms with E-state index >= 15 is 0 Å². The number of carbonyl (C=O) groups excluding carboxylic acids is 4. The van der Waals surface area contributed by atoms with E-state index in [0.717, 1.165) is 104 Å². The molecule has 71 heavy (non-hydrogen) atoms. The Morgan fingerprint density at radius 1 is 0.676 bits per heavy atom. The molecule has 0 unspecified atom stereocenters. The summed E-state index contributed by atoms with van der Waals surface area (Å²) in [6.07, 6.45) is 9.69. The van der Waals surface area contributed by atoms with Gasteiger partial charge >= 0.3 is 6.09 Å². The van der Waals surface area contributed by atoms with Crippen molar-refractivity contribution in [3.63, 3.8) is 0 Å². The molecule has 0 radical (unpaired) electrons. The maximum Gasteiger partial charge on any atom is 0.407 e. The molecular formula is C57H64N8O6. The third-order valence-electron chi connectivity index (χ3n) is 15.6. The smallest absolute Gasteiger partial charge is 0.407 e. The summed E-state index contributed by atoms with van der Waals surface area (Å²) in [4.78, 5) is 75.4. The monoisotopic (exact) mass is 956 g/mol. The van der Waals surface area contributed by atoms with Crippen molar-refractivity contribution >= 4 is 67.4 Å². The number of methoxy groups -OCH3 is 1. The fourth-order valence-corrected chi connectivity index (χ4v) is 11.5. The lowest BCUT2D eigenvalue weighted by atomic mass is 9.90. The summed E-state index contributed by atoms with van der Waals surface area (Å²) in [6, 6.07) is 28.9. The van der Waals surface area contributed by atoms with Crippen molar-refractivity contribution in [2.75, 3.05) is 33.4 Å². The highest BCUT2D eigenvalue weighted by Crippen LogP contribution is 2.41. The van der Waals surface area contributed by atoms with Crippen LogP contribution >= 0.6 is 0 Å². The van der Waals surface area contributed by atoms with Crippen LogP contribution in [0.25, 0.3) is 54.7 Å². The molecule has 5 aromatic carbocycles. The molecule has 4 fully saturated rings. The van der Waals surface area contributed by atoms with Crippen LogP contribution in [-0.2, 0) is 23.9 Å². The average Bonchev–Trinajstić information content (AvgIpc) is 3.71. The molecule has 4 amide bonds. The minimum Gasteiger partial charge on any atom is -0.453 e. The molecule has 4 aliphatic rings. The number of alkyl carbamates (subject to hydrolysis) is 1. The number of rotatable bonds is 14. The second-order valence-electron chi connectivity index (χ2n) is 20.9. The van der Waals surface area contributed by atoms with E-state index < -0.39 is 18.2 Å². The van der Waals surface area contributed by atoms with Gasteiger partial charge in [-0.1, -0.05) is 99.8 Å². The van der Waals surface area contributed by atoms with Crippen molar-refractivity contribution in [3.8, 4) is 11.1 Å². The van der Waals surface area contributed by atoms with Crippen LogP contribution < -0.4 is 10.6 Å². The summed E-state index contributed by atoms with van der Waals surface area (Å²) in [5, 5.41) is 10.1. The van der Waals surface area contributed by atoms with Gasteiger partial charge in [-0.2, -0.15) is 0 Å². The minimum absolute atomic E-state index is 0.0325. The van der Waals surface area contributed by atoms with Crippen molar-refractivity contribution in [2.45, 2.75) is 102 Å². The maximum atomic E-state index is 14.9. The highest BCUT2D eigenvalue weighted by Gasteiger charge is 2.43. The predicted octanol–water partition coefficient (Wildman–Crippen LogP) is 10.2. The number of likely N-dealkylation sites (tertiary alicyclic amines) is 2. The number of carbonyl (C=O) groups is 4. The number of H-pyrrole nitrogens is 2. The molecule has 2 saturated carbocycles. The molecule has 0 spiro atoms. The number of hydrogen-bond donors (Lipinski definition) is 4. The van der Waals surface area contributed by atoms with E-state index in [1.807, 2.05) is 60.0 Å². The van der Waals surface area contributed by atoms with Gasteiger partial charge in [0.1, 0.15) is 23.7 Å². The topological polar surface area (TPSA) is 175 Å². The quantitative estimate of drug-likeness (QED) is 0.0833. The molecule has 0 bridgehead atoms. The largest absolute Gasteiger partial charge is 0.453 e. The molecule has 4 N–H and O–H groups in total. The zero-order chi connectivity index (χ0) is 48.8. The second kappa shape index (κ2) is 19.8. The lowest BCUT2D eigenvalue weighted by molar-refractivity contribution is -0.138. The van der Waals surface area contributed by atoms with Gasteiger partial charge in [-0.05, 0) is 109 Å². The van der Waals surface area contributed by atoms with E-state index in [4.69, 9.17) is 19.4 Å². The SMILES string of the molecule is COC(=O)N[C@H](C(=O)N1CCC[C@H]1c1nc2ccc3cc(-c4ccc5c(ccc6nc([C@@H]7C[C@H](COCC8CCCCC8)CN7C(=O)[C@H](NC(=O)C7CC7)c7ccccc7)[nH]c65)c4)ccc3c2[nH]1)C(C)C. The lowest BCUT2D eigenvalue weighted by Crippen LogP contribution is -2.51. The number of aromatic amines is 2. The summed E-state index contributed by atoms with van der Waals surface area (Å²) in [6.45, 7) is 6.28. The average molecular weight is 957 g/mol. The Morgan fingerprint density at radius 3 is 1.93 bits per heavy atom. The van der Waals surface area contributed by atoms with Gasteiger partial charge in [0.25, 0.3) is 0 Å². The summed E-state index contributed by atoms with van der Waals surface area (Å²) >= 11 is 0. The Morgan fingerprint density at radius 2 is 1.31 bits per heavy atom. The standard InChI is InChI=1S/C57H64N8O6/c1-33(2)48(63-57(69)70-3)55(67)64-26-10-15-46(64)52-58-44-24-20-40-28-38(18-22-42(40)50(44)60-52)39-19-23-43-41(29-39)21-25-45-51(43)61-53(59-45)47-27-35(32-71-31-34-11-6-4-7-12-34)30-65(47)56(68)49(36-13-8-5-9-14-36)62-54(66)37-16-17-37/h5,8-9,13-14,18-25,28-29,33-35,37,46-49H,4,6-7,10-12,15-17,26-27,30-32H2,1-3H3,(H,58,60)(H,59,61)(H,62,66)(H,63,69)/t35-,46-,47-,48-,49+/m0/s1. The number of aromatic nitrogens is 4. The molecular weight excluding hydrogens is 893 g/mol. The van der Waals surface area contributed by atoms with Crippen molar-refractivity contribution < 1.29 is 28.7 Å². The van der Waals surface area contributed by atoms with Crippen molar-refractivity contribution in [1.29, 1.82) is 0 Å². The lowest BCUT2D eigenvalue weighted by Gasteiger charge is -2.29. The molecule has 4 heterocycles. The van der Waals surface area contributed by atoms with Crippen molar-refractivity contribution in [2.24, 2.45) is 23.7 Å². The summed E-state index contributed by atoms with van der Waals surface area (Å²) in [5.74, 6) is 1.74. The van der Waals surface area contributed by atoms with E-state index in [1.165, 1.54) is 39.2 Å². The molecule has 14 nitrogen and oxygen atoms in total. The number of benzene rings is 5. The van der Waals surface area contributed by atoms with Gasteiger partial charge in [0.15, 0.2) is 0 Å². The van der Waals surface area contributed by atoms with Gasteiger partial charge in [-0.25, -0.2) is 14.8 Å². The fourth-order valence-electron chi connectivity index (χ4n) is 11.5. The Labute approximate surface area is 413 Å². The Bertz CT molecular complexity index is 3120. The van der Waals surface area contributed by atoms with Gasteiger partial charge in [0.05, 0.1) is 47.9 Å². The van der Waals surface area contributed by atoms with Crippen LogP contribution in [0.1, 0.15) is 113 Å². The van der Waals surface area contributed by atoms with Gasteiger partial charge in [-0.15, -0.1) is 0 Å². The summed E-state index contributed by atoms with van der Waals surface area (Å²) in [7, 11) is 1.30. The molecule has 5 atom stereocenters. The van der Waals surface area contributed by atoms with Gasteiger partial charge in [-0.3, -0.25) is 14.4 Å². The van der Waals surface area contributed by atoms with Crippen LogP contribution in [-0.4, -0.2) is 93.0 Å². The number of amides is 4. The zero-order valence-electron chi connectivity index (χ0n) is 40.9. The summed E-state index contributed by atoms with van der Waals surface area (Å²) in [5.41, 5.74) is 6.45. The second-order valence-corrected chi connectivity index (χ2v) is 20.9. The predicted molar refractivity (Wildman–Crippen MR) is 274 cm³/mol. The van der Waals surface area contributed by atoms with Crippen molar-refractivity contribution in [3.05, 3.63) is 108 Å². The Kier molecular flexibility index (Phi) is 13.0. The molecule has 14 heteroatoms. The van der Waals surface area contributed by atoms with Gasteiger partial charge in [0.2, 0.25) is 17.7 Å². The van der Waals surface area contributed by atoms with E-state index in [0.29, 0.717) is 32.0 Å². The highest BCUT2D eigenvalue weighted by atomic mass is 16.5. The molecule has 2 saturated heterocycles. The zero-order valence-corrected chi connectivity index (χ0v) is 40.9. The van der Waals surface area contributed by atoms with E-state index in [2.05, 4.69) is 75.2 Å².